The van der Waals surface area contributed by atoms with Crippen molar-refractivity contribution in [2.45, 2.75) is 51.5 Å². The Bertz CT molecular complexity index is 312. The SMILES string of the molecule is CC(CCC1CC1)NC(=O)C1CCC1C(=O)O. The maximum Gasteiger partial charge on any atom is 0.307 e. The molecule has 3 unspecified atom stereocenters. The van der Waals surface area contributed by atoms with E-state index in [-0.39, 0.29) is 17.9 Å². The average Bonchev–Trinajstić information content (AvgIpc) is 2.94. The Morgan fingerprint density at radius 2 is 1.88 bits per heavy atom. The summed E-state index contributed by atoms with van der Waals surface area (Å²) >= 11 is 0. The van der Waals surface area contributed by atoms with Crippen LogP contribution in [0, 0.1) is 17.8 Å². The molecule has 4 nitrogen and oxygen atoms in total. The molecule has 4 heteroatoms. The number of hydrogen-bond acceptors (Lipinski definition) is 2. The highest BCUT2D eigenvalue weighted by molar-refractivity contribution is 5.86. The zero-order chi connectivity index (χ0) is 12.4. The fraction of sp³-hybridized carbons (Fsp3) is 0.846. The van der Waals surface area contributed by atoms with Crippen LogP contribution in [-0.4, -0.2) is 23.0 Å². The molecule has 2 saturated carbocycles. The van der Waals surface area contributed by atoms with Crippen LogP contribution in [0.5, 0.6) is 0 Å². The summed E-state index contributed by atoms with van der Waals surface area (Å²) in [7, 11) is 0. The van der Waals surface area contributed by atoms with Crippen molar-refractivity contribution in [1.82, 2.24) is 5.32 Å². The number of carbonyl (C=O) groups is 2. The summed E-state index contributed by atoms with van der Waals surface area (Å²) in [6, 6.07) is 0.179. The highest BCUT2D eigenvalue weighted by Gasteiger charge is 2.41. The highest BCUT2D eigenvalue weighted by Crippen LogP contribution is 2.35. The standard InChI is InChI=1S/C13H21NO3/c1-8(2-3-9-4-5-9)14-12(15)10-6-7-11(10)13(16)17/h8-11H,2-7H2,1H3,(H,14,15)(H,16,17). The first-order valence-electron chi connectivity index (χ1n) is 6.61. The van der Waals surface area contributed by atoms with Crippen LogP contribution in [-0.2, 0) is 9.59 Å². The normalized spacial score (nSPS) is 29.2. The van der Waals surface area contributed by atoms with Crippen LogP contribution in [0.3, 0.4) is 0 Å². The predicted molar refractivity (Wildman–Crippen MR) is 63.4 cm³/mol. The molecular formula is C13H21NO3. The van der Waals surface area contributed by atoms with Gasteiger partial charge in [-0.2, -0.15) is 0 Å². The Balaban J connectivity index is 1.70. The predicted octanol–water partition coefficient (Wildman–Crippen LogP) is 1.79. The minimum atomic E-state index is -0.831. The van der Waals surface area contributed by atoms with Gasteiger partial charge in [0.15, 0.2) is 0 Å². The highest BCUT2D eigenvalue weighted by atomic mass is 16.4. The summed E-state index contributed by atoms with van der Waals surface area (Å²) in [4.78, 5) is 22.7. The maximum absolute atomic E-state index is 11.8. The third kappa shape index (κ3) is 3.20. The topological polar surface area (TPSA) is 66.4 Å². The summed E-state index contributed by atoms with van der Waals surface area (Å²) < 4.78 is 0. The zero-order valence-electron chi connectivity index (χ0n) is 10.3. The van der Waals surface area contributed by atoms with Crippen LogP contribution >= 0.6 is 0 Å². The zero-order valence-corrected chi connectivity index (χ0v) is 10.3. The van der Waals surface area contributed by atoms with Gasteiger partial charge >= 0.3 is 5.97 Å². The number of nitrogens with one attached hydrogen (secondary N) is 1. The third-order valence-corrected chi connectivity index (χ3v) is 4.02. The molecule has 0 saturated heterocycles. The van der Waals surface area contributed by atoms with E-state index >= 15 is 0 Å². The smallest absolute Gasteiger partial charge is 0.307 e. The second-order valence-corrected chi connectivity index (χ2v) is 5.56. The third-order valence-electron chi connectivity index (χ3n) is 4.02. The lowest BCUT2D eigenvalue weighted by atomic mass is 9.73. The molecule has 2 aliphatic carbocycles. The first-order chi connectivity index (χ1) is 8.08. The number of hydrogen-bond donors (Lipinski definition) is 2. The first kappa shape index (κ1) is 12.4. The summed E-state index contributed by atoms with van der Waals surface area (Å²) in [6.45, 7) is 2.01. The summed E-state index contributed by atoms with van der Waals surface area (Å²) in [6.07, 6.45) is 6.24. The van der Waals surface area contributed by atoms with Gasteiger partial charge in [-0.25, -0.2) is 0 Å². The summed E-state index contributed by atoms with van der Waals surface area (Å²) in [5.41, 5.74) is 0. The Morgan fingerprint density at radius 3 is 2.35 bits per heavy atom. The van der Waals surface area contributed by atoms with Gasteiger partial charge in [0.25, 0.3) is 0 Å². The van der Waals surface area contributed by atoms with E-state index in [0.29, 0.717) is 6.42 Å². The fourth-order valence-electron chi connectivity index (χ4n) is 2.42. The molecule has 0 spiro atoms. The van der Waals surface area contributed by atoms with Gasteiger partial charge in [0.2, 0.25) is 5.91 Å². The van der Waals surface area contributed by atoms with E-state index in [2.05, 4.69) is 5.32 Å². The van der Waals surface area contributed by atoms with E-state index in [0.717, 1.165) is 18.8 Å². The molecule has 2 N–H and O–H groups in total. The molecule has 1 amide bonds. The molecule has 0 aromatic heterocycles. The molecule has 0 heterocycles. The summed E-state index contributed by atoms with van der Waals surface area (Å²) in [5.74, 6) is -0.764. The van der Waals surface area contributed by atoms with Gasteiger partial charge in [0.1, 0.15) is 0 Å². The number of carboxylic acid groups (broad SMARTS) is 1. The number of rotatable bonds is 6. The van der Waals surface area contributed by atoms with E-state index in [4.69, 9.17) is 5.11 Å². The van der Waals surface area contributed by atoms with Crippen molar-refractivity contribution < 1.29 is 14.7 Å². The Hall–Kier alpha value is -1.06. The molecular weight excluding hydrogens is 218 g/mol. The van der Waals surface area contributed by atoms with Crippen LogP contribution in [0.2, 0.25) is 0 Å². The van der Waals surface area contributed by atoms with E-state index in [1.807, 2.05) is 6.92 Å². The molecule has 3 atom stereocenters. The molecule has 2 rings (SSSR count). The second kappa shape index (κ2) is 5.07. The van der Waals surface area contributed by atoms with Crippen LogP contribution in [0.15, 0.2) is 0 Å². The Kier molecular flexibility index (Phi) is 3.69. The molecule has 2 fully saturated rings. The summed E-state index contributed by atoms with van der Waals surface area (Å²) in [5, 5.41) is 11.8. The first-order valence-corrected chi connectivity index (χ1v) is 6.61. The molecule has 0 aromatic carbocycles. The van der Waals surface area contributed by atoms with Crippen molar-refractivity contribution >= 4 is 11.9 Å². The van der Waals surface area contributed by atoms with Crippen molar-refractivity contribution in [1.29, 1.82) is 0 Å². The van der Waals surface area contributed by atoms with Crippen molar-refractivity contribution in [2.75, 3.05) is 0 Å². The number of aliphatic carboxylic acids is 1. The van der Waals surface area contributed by atoms with Gasteiger partial charge < -0.3 is 10.4 Å². The van der Waals surface area contributed by atoms with Crippen LogP contribution in [0.4, 0.5) is 0 Å². The second-order valence-electron chi connectivity index (χ2n) is 5.56. The Labute approximate surface area is 102 Å². The largest absolute Gasteiger partial charge is 0.481 e. The minimum Gasteiger partial charge on any atom is -0.481 e. The number of amides is 1. The van der Waals surface area contributed by atoms with Gasteiger partial charge in [-0.1, -0.05) is 12.8 Å². The van der Waals surface area contributed by atoms with Crippen molar-refractivity contribution in [2.24, 2.45) is 17.8 Å². The van der Waals surface area contributed by atoms with Crippen molar-refractivity contribution in [3.8, 4) is 0 Å². The number of carboxylic acids is 1. The van der Waals surface area contributed by atoms with Gasteiger partial charge in [-0.05, 0) is 38.5 Å². The average molecular weight is 239 g/mol. The van der Waals surface area contributed by atoms with Crippen LogP contribution < -0.4 is 5.32 Å². The molecule has 0 bridgehead atoms. The van der Waals surface area contributed by atoms with Crippen LogP contribution in [0.1, 0.15) is 45.4 Å². The number of carbonyl (C=O) groups excluding carboxylic acids is 1. The van der Waals surface area contributed by atoms with E-state index in [1.165, 1.54) is 19.3 Å². The van der Waals surface area contributed by atoms with Crippen LogP contribution in [0.25, 0.3) is 0 Å². The molecule has 2 aliphatic rings. The van der Waals surface area contributed by atoms with Gasteiger partial charge in [-0.3, -0.25) is 9.59 Å². The lowest BCUT2D eigenvalue weighted by Crippen LogP contribution is -2.46. The maximum atomic E-state index is 11.8. The molecule has 0 aromatic rings. The minimum absolute atomic E-state index is 0.0630. The molecule has 96 valence electrons. The van der Waals surface area contributed by atoms with Gasteiger partial charge in [-0.15, -0.1) is 0 Å². The van der Waals surface area contributed by atoms with Gasteiger partial charge in [0, 0.05) is 6.04 Å². The lowest BCUT2D eigenvalue weighted by Gasteiger charge is -2.32. The van der Waals surface area contributed by atoms with Gasteiger partial charge in [0.05, 0.1) is 11.8 Å². The van der Waals surface area contributed by atoms with E-state index in [9.17, 15) is 9.59 Å². The van der Waals surface area contributed by atoms with Crippen molar-refractivity contribution in [3.63, 3.8) is 0 Å². The molecule has 17 heavy (non-hydrogen) atoms. The fourth-order valence-corrected chi connectivity index (χ4v) is 2.42. The lowest BCUT2D eigenvalue weighted by molar-refractivity contribution is -0.152. The molecule has 0 aliphatic heterocycles. The van der Waals surface area contributed by atoms with E-state index in [1.54, 1.807) is 0 Å². The van der Waals surface area contributed by atoms with E-state index < -0.39 is 11.9 Å². The molecule has 0 radical (unpaired) electrons. The monoisotopic (exact) mass is 239 g/mol. The Morgan fingerprint density at radius 1 is 1.24 bits per heavy atom. The van der Waals surface area contributed by atoms with Crippen molar-refractivity contribution in [3.05, 3.63) is 0 Å². The quantitative estimate of drug-likeness (QED) is 0.742.